The molecule has 0 radical (unpaired) electrons. The Kier molecular flexibility index (Phi) is 4.09. The van der Waals surface area contributed by atoms with Gasteiger partial charge in [-0.05, 0) is 26.0 Å². The Morgan fingerprint density at radius 1 is 1.24 bits per heavy atom. The molecule has 17 heavy (non-hydrogen) atoms. The first-order valence-corrected chi connectivity index (χ1v) is 5.08. The molecule has 0 aromatic heterocycles. The van der Waals surface area contributed by atoms with Crippen molar-refractivity contribution in [3.63, 3.8) is 0 Å². The number of carbonyl (C=O) groups is 2. The number of ether oxygens (including phenoxy) is 2. The van der Waals surface area contributed by atoms with Crippen LogP contribution in [-0.2, 0) is 4.79 Å². The fourth-order valence-corrected chi connectivity index (χ4v) is 1.36. The maximum atomic E-state index is 11.6. The lowest BCUT2D eigenvalue weighted by atomic mass is 10.1. The van der Waals surface area contributed by atoms with E-state index in [2.05, 4.69) is 0 Å². The highest BCUT2D eigenvalue weighted by atomic mass is 16.5. The molecule has 1 aromatic carbocycles. The van der Waals surface area contributed by atoms with Crippen molar-refractivity contribution in [3.8, 4) is 11.5 Å². The average molecular weight is 238 g/mol. The van der Waals surface area contributed by atoms with Gasteiger partial charge in [0.25, 0.3) is 5.78 Å². The standard InChI is InChI=1S/C12H14O5/c1-7(2)17-9-6-4-5-8(16-3)10(9)11(13)12(14)15/h4-7H,1-3H3,(H,14,15). The van der Waals surface area contributed by atoms with Crippen molar-refractivity contribution in [1.82, 2.24) is 0 Å². The number of Topliss-reactive ketones (excluding diaryl/α,β-unsaturated/α-hetero) is 1. The van der Waals surface area contributed by atoms with Gasteiger partial charge < -0.3 is 14.6 Å². The molecule has 0 aliphatic carbocycles. The van der Waals surface area contributed by atoms with Gasteiger partial charge in [-0.2, -0.15) is 0 Å². The number of rotatable bonds is 5. The van der Waals surface area contributed by atoms with E-state index in [4.69, 9.17) is 14.6 Å². The molecule has 92 valence electrons. The second kappa shape index (κ2) is 5.34. The predicted molar refractivity (Wildman–Crippen MR) is 60.7 cm³/mol. The Bertz CT molecular complexity index is 437. The van der Waals surface area contributed by atoms with E-state index in [0.717, 1.165) is 0 Å². The third-order valence-electron chi connectivity index (χ3n) is 1.99. The zero-order valence-electron chi connectivity index (χ0n) is 9.89. The number of carboxylic acid groups (broad SMARTS) is 1. The van der Waals surface area contributed by atoms with E-state index >= 15 is 0 Å². The fraction of sp³-hybridized carbons (Fsp3) is 0.333. The van der Waals surface area contributed by atoms with Gasteiger partial charge in [0.2, 0.25) is 0 Å². The quantitative estimate of drug-likeness (QED) is 0.625. The number of methoxy groups -OCH3 is 1. The van der Waals surface area contributed by atoms with Gasteiger partial charge in [0, 0.05) is 0 Å². The summed E-state index contributed by atoms with van der Waals surface area (Å²) in [4.78, 5) is 22.3. The summed E-state index contributed by atoms with van der Waals surface area (Å²) in [5.41, 5.74) is -0.0591. The van der Waals surface area contributed by atoms with Crippen LogP contribution in [0.2, 0.25) is 0 Å². The molecule has 5 nitrogen and oxygen atoms in total. The van der Waals surface area contributed by atoms with Gasteiger partial charge in [0.15, 0.2) is 0 Å². The molecule has 0 atom stereocenters. The monoisotopic (exact) mass is 238 g/mol. The number of benzene rings is 1. The summed E-state index contributed by atoms with van der Waals surface area (Å²) in [6.07, 6.45) is -0.164. The smallest absolute Gasteiger partial charge is 0.377 e. The topological polar surface area (TPSA) is 72.8 Å². The second-order valence-electron chi connectivity index (χ2n) is 3.63. The predicted octanol–water partition coefficient (Wildman–Crippen LogP) is 1.75. The van der Waals surface area contributed by atoms with Gasteiger partial charge in [-0.25, -0.2) is 4.79 Å². The number of hydrogen-bond acceptors (Lipinski definition) is 4. The molecule has 1 aromatic rings. The molecule has 0 spiro atoms. The van der Waals surface area contributed by atoms with Crippen LogP contribution in [0, 0.1) is 0 Å². The highest BCUT2D eigenvalue weighted by molar-refractivity contribution is 6.41. The molecule has 0 saturated heterocycles. The maximum absolute atomic E-state index is 11.6. The van der Waals surface area contributed by atoms with Gasteiger partial charge in [0.1, 0.15) is 17.1 Å². The Hall–Kier alpha value is -2.04. The molecule has 1 N–H and O–H groups in total. The van der Waals surface area contributed by atoms with Crippen molar-refractivity contribution < 1.29 is 24.2 Å². The number of carboxylic acids is 1. The van der Waals surface area contributed by atoms with E-state index in [1.165, 1.54) is 13.2 Å². The number of hydrogen-bond donors (Lipinski definition) is 1. The van der Waals surface area contributed by atoms with Crippen LogP contribution in [-0.4, -0.2) is 30.1 Å². The molecular weight excluding hydrogens is 224 g/mol. The molecule has 1 rings (SSSR count). The molecule has 5 heteroatoms. The number of aliphatic carboxylic acids is 1. The summed E-state index contributed by atoms with van der Waals surface area (Å²) in [5, 5.41) is 8.75. The lowest BCUT2D eigenvalue weighted by Gasteiger charge is -2.14. The third-order valence-corrected chi connectivity index (χ3v) is 1.99. The van der Waals surface area contributed by atoms with E-state index < -0.39 is 11.8 Å². The van der Waals surface area contributed by atoms with Crippen molar-refractivity contribution in [3.05, 3.63) is 23.8 Å². The van der Waals surface area contributed by atoms with E-state index in [1.807, 2.05) is 0 Å². The van der Waals surface area contributed by atoms with Crippen LogP contribution in [0.5, 0.6) is 11.5 Å². The van der Waals surface area contributed by atoms with E-state index in [-0.39, 0.29) is 23.2 Å². The zero-order valence-corrected chi connectivity index (χ0v) is 9.89. The molecule has 0 bridgehead atoms. The van der Waals surface area contributed by atoms with Crippen molar-refractivity contribution in [1.29, 1.82) is 0 Å². The Morgan fingerprint density at radius 2 is 1.82 bits per heavy atom. The van der Waals surface area contributed by atoms with Crippen LogP contribution in [0.25, 0.3) is 0 Å². The minimum atomic E-state index is -1.54. The molecule has 0 fully saturated rings. The Morgan fingerprint density at radius 3 is 2.29 bits per heavy atom. The maximum Gasteiger partial charge on any atom is 0.377 e. The van der Waals surface area contributed by atoms with Gasteiger partial charge >= 0.3 is 5.97 Å². The summed E-state index contributed by atoms with van der Waals surface area (Å²) < 4.78 is 10.4. The fourth-order valence-electron chi connectivity index (χ4n) is 1.36. The zero-order chi connectivity index (χ0) is 13.0. The van der Waals surface area contributed by atoms with Crippen molar-refractivity contribution in [2.45, 2.75) is 20.0 Å². The SMILES string of the molecule is COc1cccc(OC(C)C)c1C(=O)C(=O)O. The van der Waals surface area contributed by atoms with Crippen LogP contribution in [0.15, 0.2) is 18.2 Å². The lowest BCUT2D eigenvalue weighted by molar-refractivity contribution is -0.131. The Balaban J connectivity index is 3.29. The summed E-state index contributed by atoms with van der Waals surface area (Å²) in [5.74, 6) is -2.18. The molecule has 0 aliphatic heterocycles. The van der Waals surface area contributed by atoms with Gasteiger partial charge in [0.05, 0.1) is 13.2 Å². The van der Waals surface area contributed by atoms with Gasteiger partial charge in [-0.3, -0.25) is 4.79 Å². The summed E-state index contributed by atoms with van der Waals surface area (Å²) in [6.45, 7) is 3.57. The van der Waals surface area contributed by atoms with Gasteiger partial charge in [-0.15, -0.1) is 0 Å². The Labute approximate surface area is 99.0 Å². The first-order valence-electron chi connectivity index (χ1n) is 5.08. The lowest BCUT2D eigenvalue weighted by Crippen LogP contribution is -2.17. The molecular formula is C12H14O5. The normalized spacial score (nSPS) is 10.1. The second-order valence-corrected chi connectivity index (χ2v) is 3.63. The van der Waals surface area contributed by atoms with Crippen LogP contribution < -0.4 is 9.47 Å². The summed E-state index contributed by atoms with van der Waals surface area (Å²) in [6, 6.07) is 4.69. The summed E-state index contributed by atoms with van der Waals surface area (Å²) in [7, 11) is 1.37. The highest BCUT2D eigenvalue weighted by Gasteiger charge is 2.24. The van der Waals surface area contributed by atoms with Crippen LogP contribution in [0.1, 0.15) is 24.2 Å². The van der Waals surface area contributed by atoms with Crippen LogP contribution in [0.3, 0.4) is 0 Å². The van der Waals surface area contributed by atoms with Crippen LogP contribution in [0.4, 0.5) is 0 Å². The van der Waals surface area contributed by atoms with Crippen LogP contribution >= 0.6 is 0 Å². The van der Waals surface area contributed by atoms with Gasteiger partial charge in [-0.1, -0.05) is 6.07 Å². The minimum Gasteiger partial charge on any atom is -0.496 e. The molecule has 0 saturated carbocycles. The van der Waals surface area contributed by atoms with E-state index in [0.29, 0.717) is 0 Å². The number of ketones is 1. The summed E-state index contributed by atoms with van der Waals surface area (Å²) >= 11 is 0. The number of carbonyl (C=O) groups excluding carboxylic acids is 1. The minimum absolute atomic E-state index is 0.0591. The first-order chi connectivity index (χ1) is 7.97. The molecule has 0 aliphatic rings. The first kappa shape index (κ1) is 13.0. The highest BCUT2D eigenvalue weighted by Crippen LogP contribution is 2.29. The average Bonchev–Trinajstić information content (AvgIpc) is 2.26. The van der Waals surface area contributed by atoms with E-state index in [1.54, 1.807) is 26.0 Å². The molecule has 0 heterocycles. The van der Waals surface area contributed by atoms with Crippen molar-refractivity contribution in [2.75, 3.05) is 7.11 Å². The van der Waals surface area contributed by atoms with E-state index in [9.17, 15) is 9.59 Å². The van der Waals surface area contributed by atoms with Crippen molar-refractivity contribution >= 4 is 11.8 Å². The third kappa shape index (κ3) is 2.96. The molecule has 0 unspecified atom stereocenters. The molecule has 0 amide bonds. The van der Waals surface area contributed by atoms with Crippen molar-refractivity contribution in [2.24, 2.45) is 0 Å². The largest absolute Gasteiger partial charge is 0.496 e.